The topological polar surface area (TPSA) is 46.3 Å². The average Bonchev–Trinajstić information content (AvgIpc) is 2.51. The molecule has 1 unspecified atom stereocenters. The lowest BCUT2D eigenvalue weighted by atomic mass is 10.2. The SMILES string of the molecule is Cc1cc(N)c(N2CC(Cl)CC2=O)cc1Cl. The molecule has 1 fully saturated rings. The highest BCUT2D eigenvalue weighted by Crippen LogP contribution is 2.33. The second-order valence-electron chi connectivity index (χ2n) is 3.97. The zero-order valence-corrected chi connectivity index (χ0v) is 10.3. The Morgan fingerprint density at radius 2 is 2.19 bits per heavy atom. The molecule has 2 rings (SSSR count). The van der Waals surface area contributed by atoms with Crippen LogP contribution in [-0.4, -0.2) is 17.8 Å². The molecule has 0 radical (unpaired) electrons. The van der Waals surface area contributed by atoms with Crippen LogP contribution in [0.15, 0.2) is 12.1 Å². The first kappa shape index (κ1) is 11.6. The number of nitrogens with zero attached hydrogens (tertiary/aromatic N) is 1. The maximum absolute atomic E-state index is 11.7. The number of aryl methyl sites for hydroxylation is 1. The van der Waals surface area contributed by atoms with Crippen LogP contribution in [-0.2, 0) is 4.79 Å². The van der Waals surface area contributed by atoms with Gasteiger partial charge in [0.25, 0.3) is 0 Å². The van der Waals surface area contributed by atoms with Crippen LogP contribution in [0, 0.1) is 6.92 Å². The van der Waals surface area contributed by atoms with Crippen LogP contribution >= 0.6 is 23.2 Å². The number of alkyl halides is 1. The van der Waals surface area contributed by atoms with Gasteiger partial charge in [-0.25, -0.2) is 0 Å². The fourth-order valence-electron chi connectivity index (χ4n) is 1.82. The molecule has 5 heteroatoms. The molecule has 0 spiro atoms. The highest BCUT2D eigenvalue weighted by molar-refractivity contribution is 6.32. The zero-order valence-electron chi connectivity index (χ0n) is 8.84. The largest absolute Gasteiger partial charge is 0.397 e. The van der Waals surface area contributed by atoms with E-state index in [0.717, 1.165) is 5.56 Å². The number of hydrogen-bond donors (Lipinski definition) is 1. The molecule has 1 aliphatic rings. The van der Waals surface area contributed by atoms with Crippen molar-refractivity contribution >= 4 is 40.5 Å². The lowest BCUT2D eigenvalue weighted by Crippen LogP contribution is -2.25. The van der Waals surface area contributed by atoms with E-state index in [2.05, 4.69) is 0 Å². The van der Waals surface area contributed by atoms with E-state index in [1.54, 1.807) is 17.0 Å². The quantitative estimate of drug-likeness (QED) is 0.622. The van der Waals surface area contributed by atoms with Crippen molar-refractivity contribution in [2.45, 2.75) is 18.7 Å². The molecule has 1 aromatic rings. The summed E-state index contributed by atoms with van der Waals surface area (Å²) in [5.74, 6) is -0.00776. The van der Waals surface area contributed by atoms with Crippen LogP contribution < -0.4 is 10.6 Å². The summed E-state index contributed by atoms with van der Waals surface area (Å²) in [4.78, 5) is 13.3. The van der Waals surface area contributed by atoms with Crippen LogP contribution in [0.4, 0.5) is 11.4 Å². The Bertz CT molecular complexity index is 448. The van der Waals surface area contributed by atoms with E-state index in [9.17, 15) is 4.79 Å². The molecule has 0 bridgehead atoms. The summed E-state index contributed by atoms with van der Waals surface area (Å²) in [6.07, 6.45) is 0.354. The third-order valence-corrected chi connectivity index (χ3v) is 3.38. The van der Waals surface area contributed by atoms with Crippen LogP contribution in [0.2, 0.25) is 5.02 Å². The first-order chi connectivity index (χ1) is 7.49. The number of amides is 1. The summed E-state index contributed by atoms with van der Waals surface area (Å²) in [5.41, 5.74) is 7.99. The highest BCUT2D eigenvalue weighted by Gasteiger charge is 2.30. The van der Waals surface area contributed by atoms with Crippen LogP contribution in [0.5, 0.6) is 0 Å². The maximum Gasteiger partial charge on any atom is 0.228 e. The Hall–Kier alpha value is -0.930. The molecule has 1 amide bonds. The monoisotopic (exact) mass is 258 g/mol. The normalized spacial score (nSPS) is 20.6. The van der Waals surface area contributed by atoms with Gasteiger partial charge in [-0.2, -0.15) is 0 Å². The van der Waals surface area contributed by atoms with Gasteiger partial charge in [0.15, 0.2) is 0 Å². The fourth-order valence-corrected chi connectivity index (χ4v) is 2.25. The summed E-state index contributed by atoms with van der Waals surface area (Å²) in [6, 6.07) is 3.49. The number of carbonyl (C=O) groups is 1. The number of carbonyl (C=O) groups excluding carboxylic acids is 1. The van der Waals surface area contributed by atoms with Crippen LogP contribution in [0.1, 0.15) is 12.0 Å². The van der Waals surface area contributed by atoms with Crippen molar-refractivity contribution in [2.24, 2.45) is 0 Å². The first-order valence-corrected chi connectivity index (χ1v) is 5.80. The van der Waals surface area contributed by atoms with Crippen LogP contribution in [0.25, 0.3) is 0 Å². The number of nitrogen functional groups attached to an aromatic ring is 1. The maximum atomic E-state index is 11.7. The minimum atomic E-state index is -0.146. The molecule has 2 N–H and O–H groups in total. The Morgan fingerprint density at radius 1 is 1.50 bits per heavy atom. The molecule has 1 aromatic carbocycles. The van der Waals surface area contributed by atoms with Crippen molar-refractivity contribution < 1.29 is 4.79 Å². The molecule has 1 aliphatic heterocycles. The second-order valence-corrected chi connectivity index (χ2v) is 4.99. The molecule has 16 heavy (non-hydrogen) atoms. The van der Waals surface area contributed by atoms with Gasteiger partial charge in [-0.05, 0) is 24.6 Å². The van der Waals surface area contributed by atoms with Crippen molar-refractivity contribution in [3.63, 3.8) is 0 Å². The smallest absolute Gasteiger partial charge is 0.228 e. The molecular weight excluding hydrogens is 247 g/mol. The van der Waals surface area contributed by atoms with E-state index >= 15 is 0 Å². The molecule has 3 nitrogen and oxygen atoms in total. The van der Waals surface area contributed by atoms with Crippen molar-refractivity contribution in [1.29, 1.82) is 0 Å². The number of halogens is 2. The van der Waals surface area contributed by atoms with E-state index in [0.29, 0.717) is 29.4 Å². The van der Waals surface area contributed by atoms with Crippen molar-refractivity contribution in [1.82, 2.24) is 0 Å². The summed E-state index contributed by atoms with van der Waals surface area (Å²) >= 11 is 12.0. The zero-order chi connectivity index (χ0) is 11.9. The molecule has 1 atom stereocenters. The molecular formula is C11H12Cl2N2O. The summed E-state index contributed by atoms with van der Waals surface area (Å²) < 4.78 is 0. The van der Waals surface area contributed by atoms with Crippen molar-refractivity contribution in [3.05, 3.63) is 22.7 Å². The van der Waals surface area contributed by atoms with E-state index < -0.39 is 0 Å². The molecule has 0 aromatic heterocycles. The van der Waals surface area contributed by atoms with Gasteiger partial charge in [-0.1, -0.05) is 11.6 Å². The predicted octanol–water partition coefficient (Wildman–Crippen LogP) is 2.57. The average molecular weight is 259 g/mol. The Kier molecular flexibility index (Phi) is 3.00. The number of rotatable bonds is 1. The van der Waals surface area contributed by atoms with E-state index in [1.807, 2.05) is 6.92 Å². The minimum absolute atomic E-state index is 0.00776. The molecule has 0 aliphatic carbocycles. The van der Waals surface area contributed by atoms with Gasteiger partial charge in [-0.15, -0.1) is 11.6 Å². The lowest BCUT2D eigenvalue weighted by molar-refractivity contribution is -0.117. The van der Waals surface area contributed by atoms with E-state index in [4.69, 9.17) is 28.9 Å². The van der Waals surface area contributed by atoms with E-state index in [1.165, 1.54) is 0 Å². The molecule has 1 heterocycles. The number of nitrogens with two attached hydrogens (primary N) is 1. The van der Waals surface area contributed by atoms with Gasteiger partial charge < -0.3 is 10.6 Å². The fraction of sp³-hybridized carbons (Fsp3) is 0.364. The summed E-state index contributed by atoms with van der Waals surface area (Å²) in [7, 11) is 0. The van der Waals surface area contributed by atoms with Gasteiger partial charge >= 0.3 is 0 Å². The predicted molar refractivity (Wildman–Crippen MR) is 67.2 cm³/mol. The second kappa shape index (κ2) is 4.15. The third-order valence-electron chi connectivity index (χ3n) is 2.68. The van der Waals surface area contributed by atoms with Gasteiger partial charge in [0, 0.05) is 18.0 Å². The Morgan fingerprint density at radius 3 is 2.75 bits per heavy atom. The van der Waals surface area contributed by atoms with Crippen molar-refractivity contribution in [3.8, 4) is 0 Å². The summed E-state index contributed by atoms with van der Waals surface area (Å²) in [6.45, 7) is 2.36. The van der Waals surface area contributed by atoms with Crippen molar-refractivity contribution in [2.75, 3.05) is 17.2 Å². The molecule has 86 valence electrons. The highest BCUT2D eigenvalue weighted by atomic mass is 35.5. The minimum Gasteiger partial charge on any atom is -0.397 e. The number of benzene rings is 1. The number of hydrogen-bond acceptors (Lipinski definition) is 2. The van der Waals surface area contributed by atoms with E-state index in [-0.39, 0.29) is 11.3 Å². The van der Waals surface area contributed by atoms with Crippen LogP contribution in [0.3, 0.4) is 0 Å². The third kappa shape index (κ3) is 1.97. The summed E-state index contributed by atoms with van der Waals surface area (Å²) in [5, 5.41) is 0.460. The number of anilines is 2. The molecule has 0 saturated carbocycles. The van der Waals surface area contributed by atoms with Gasteiger partial charge in [0.1, 0.15) is 0 Å². The Labute approximate surface area is 104 Å². The van der Waals surface area contributed by atoms with Gasteiger partial charge in [-0.3, -0.25) is 4.79 Å². The Balaban J connectivity index is 2.41. The molecule has 1 saturated heterocycles. The first-order valence-electron chi connectivity index (χ1n) is 4.99. The standard InChI is InChI=1S/C11H12Cl2N2O/c1-6-2-9(14)10(4-8(6)13)15-5-7(12)3-11(15)16/h2,4,7H,3,5,14H2,1H3. The lowest BCUT2D eigenvalue weighted by Gasteiger charge is -2.19. The van der Waals surface area contributed by atoms with Gasteiger partial charge in [0.05, 0.1) is 16.8 Å². The van der Waals surface area contributed by atoms with Gasteiger partial charge in [0.2, 0.25) is 5.91 Å².